The minimum atomic E-state index is -1.05. The van der Waals surface area contributed by atoms with E-state index in [4.69, 9.17) is 36.0 Å². The smallest absolute Gasteiger partial charge is 0.304 e. The summed E-state index contributed by atoms with van der Waals surface area (Å²) in [6.07, 6.45) is -2.37. The first-order chi connectivity index (χ1) is 20.7. The number of aliphatic hydroxyl groups excluding tert-OH is 1. The van der Waals surface area contributed by atoms with Gasteiger partial charge in [-0.05, 0) is 22.8 Å². The molecule has 12 nitrogen and oxygen atoms in total. The molecular formula is C30H29ClN4O8. The quantitative estimate of drug-likeness (QED) is 0.169. The fourth-order valence-electron chi connectivity index (χ4n) is 5.38. The van der Waals surface area contributed by atoms with Gasteiger partial charge >= 0.3 is 11.9 Å². The molecule has 2 aromatic heterocycles. The Morgan fingerprint density at radius 3 is 2.26 bits per heavy atom. The largest absolute Gasteiger partial charge is 0.481 e. The Balaban J connectivity index is 1.12. The van der Waals surface area contributed by atoms with Gasteiger partial charge in [-0.25, -0.2) is 4.98 Å². The lowest BCUT2D eigenvalue weighted by molar-refractivity contribution is -0.139. The third-order valence-electron chi connectivity index (χ3n) is 7.53. The molecule has 2 saturated heterocycles. The predicted molar refractivity (Wildman–Crippen MR) is 155 cm³/mol. The number of fused-ring (bicyclic) bond motifs is 2. The third kappa shape index (κ3) is 6.48. The molecule has 0 radical (unpaired) electrons. The summed E-state index contributed by atoms with van der Waals surface area (Å²) >= 11 is 6.60. The second-order valence-electron chi connectivity index (χ2n) is 10.6. The Hall–Kier alpha value is -4.07. The van der Waals surface area contributed by atoms with Crippen LogP contribution in [0.1, 0.15) is 18.4 Å². The van der Waals surface area contributed by atoms with Crippen molar-refractivity contribution in [2.45, 2.75) is 49.8 Å². The summed E-state index contributed by atoms with van der Waals surface area (Å²) in [6, 6.07) is 16.9. The predicted octanol–water partition coefficient (Wildman–Crippen LogP) is 3.26. The van der Waals surface area contributed by atoms with Gasteiger partial charge < -0.3 is 39.8 Å². The Morgan fingerprint density at radius 1 is 0.953 bits per heavy atom. The van der Waals surface area contributed by atoms with Crippen LogP contribution in [0.15, 0.2) is 54.6 Å². The number of carbonyl (C=O) groups is 2. The van der Waals surface area contributed by atoms with Crippen LogP contribution in [0.3, 0.4) is 0 Å². The molecule has 0 saturated carbocycles. The van der Waals surface area contributed by atoms with Crippen LogP contribution in [-0.4, -0.2) is 85.9 Å². The number of imidazole rings is 1. The molecule has 13 heteroatoms. The van der Waals surface area contributed by atoms with Crippen LogP contribution in [0, 0.1) is 0 Å². The van der Waals surface area contributed by atoms with Gasteiger partial charge in [0, 0.05) is 18.2 Å². The van der Waals surface area contributed by atoms with E-state index in [2.05, 4.69) is 20.3 Å². The highest BCUT2D eigenvalue weighted by atomic mass is 35.5. The highest BCUT2D eigenvalue weighted by Crippen LogP contribution is 2.33. The third-order valence-corrected chi connectivity index (χ3v) is 7.82. The highest BCUT2D eigenvalue weighted by molar-refractivity contribution is 6.33. The van der Waals surface area contributed by atoms with Crippen molar-refractivity contribution in [2.75, 3.05) is 13.2 Å². The number of hydrogen-bond acceptors (Lipinski definition) is 9. The minimum absolute atomic E-state index is 0.212. The second kappa shape index (κ2) is 12.3. The van der Waals surface area contributed by atoms with Gasteiger partial charge in [0.15, 0.2) is 11.8 Å². The van der Waals surface area contributed by atoms with Gasteiger partial charge in [0.05, 0.1) is 42.3 Å². The van der Waals surface area contributed by atoms with Crippen molar-refractivity contribution in [2.24, 2.45) is 0 Å². The van der Waals surface area contributed by atoms with Crippen molar-refractivity contribution in [1.82, 2.24) is 20.3 Å². The molecule has 2 aromatic carbocycles. The minimum Gasteiger partial charge on any atom is -0.481 e. The van der Waals surface area contributed by atoms with E-state index in [9.17, 15) is 14.7 Å². The van der Waals surface area contributed by atoms with Gasteiger partial charge in [-0.1, -0.05) is 60.1 Å². The molecule has 0 amide bonds. The summed E-state index contributed by atoms with van der Waals surface area (Å²) in [5, 5.41) is 31.5. The normalized spacial score (nSPS) is 21.4. The lowest BCUT2D eigenvalue weighted by Gasteiger charge is -2.15. The highest BCUT2D eigenvalue weighted by Gasteiger charge is 2.48. The number of rotatable bonds is 11. The van der Waals surface area contributed by atoms with Crippen molar-refractivity contribution in [3.8, 4) is 28.4 Å². The Morgan fingerprint density at radius 2 is 1.58 bits per heavy atom. The number of hydrogen-bond donors (Lipinski definition) is 5. The Kier molecular flexibility index (Phi) is 8.28. The topological polar surface area (TPSA) is 176 Å². The van der Waals surface area contributed by atoms with Gasteiger partial charge in [-0.15, -0.1) is 0 Å². The number of carboxylic acid groups (broad SMARTS) is 2. The summed E-state index contributed by atoms with van der Waals surface area (Å²) in [6.45, 7) is 0.850. The van der Waals surface area contributed by atoms with E-state index in [-0.39, 0.29) is 38.2 Å². The number of nitrogens with one attached hydrogen (secondary N) is 2. The number of aromatic amines is 1. The van der Waals surface area contributed by atoms with Crippen LogP contribution in [0.2, 0.25) is 5.02 Å². The summed E-state index contributed by atoms with van der Waals surface area (Å²) in [5.41, 5.74) is 5.30. The van der Waals surface area contributed by atoms with E-state index in [0.29, 0.717) is 28.4 Å². The zero-order valence-electron chi connectivity index (χ0n) is 22.8. The van der Waals surface area contributed by atoms with E-state index in [0.717, 1.165) is 22.3 Å². The van der Waals surface area contributed by atoms with Gasteiger partial charge in [-0.2, -0.15) is 4.98 Å². The molecule has 1 unspecified atom stereocenters. The first kappa shape index (κ1) is 29.0. The van der Waals surface area contributed by atoms with Crippen molar-refractivity contribution in [3.63, 3.8) is 0 Å². The van der Waals surface area contributed by atoms with Crippen molar-refractivity contribution in [3.05, 3.63) is 65.2 Å². The number of ether oxygens (including phenoxy) is 3. The number of nitrogens with zero attached hydrogens (tertiary/aromatic N) is 2. The number of aromatic nitrogens is 3. The van der Waals surface area contributed by atoms with E-state index >= 15 is 0 Å². The maximum atomic E-state index is 11.0. The lowest BCUT2D eigenvalue weighted by atomic mass is 10.0. The zero-order valence-corrected chi connectivity index (χ0v) is 23.5. The zero-order chi connectivity index (χ0) is 30.1. The van der Waals surface area contributed by atoms with Crippen LogP contribution in [0.25, 0.3) is 33.5 Å². The van der Waals surface area contributed by atoms with Crippen LogP contribution >= 0.6 is 11.6 Å². The average Bonchev–Trinajstić information content (AvgIpc) is 3.67. The second-order valence-corrected chi connectivity index (χ2v) is 11.0. The number of aliphatic hydroxyl groups is 1. The summed E-state index contributed by atoms with van der Waals surface area (Å²) < 4.78 is 17.2. The molecule has 0 bridgehead atoms. The van der Waals surface area contributed by atoms with E-state index in [1.165, 1.54) is 0 Å². The molecule has 43 heavy (non-hydrogen) atoms. The fourth-order valence-corrected chi connectivity index (χ4v) is 5.64. The average molecular weight is 609 g/mol. The SMILES string of the molecule is O=C(O)CC(CC(=O)O)NCc1ccc(-c2ccc(-c3nc4nc(O[C@@H]5COC6[C@H](O)CO[C@@H]65)[nH]c4cc3Cl)cc2)cc1. The summed E-state index contributed by atoms with van der Waals surface area (Å²) in [7, 11) is 0. The molecule has 0 spiro atoms. The van der Waals surface area contributed by atoms with Crippen LogP contribution < -0.4 is 10.1 Å². The standard InChI is InChI=1S/C30H29ClN4O8/c31-20-11-21-29(35-30(33-21)43-23-14-42-27-22(36)13-41-28(23)27)34-26(20)18-7-5-17(6-8-18)16-3-1-15(2-4-16)12-32-19(9-24(37)38)10-25(39)40/h1-8,11,19,22-23,27-28,32,36H,9-10,12-14H2,(H,37,38)(H,39,40)(H,33,34,35)/t22-,23-,27?,28-/m1/s1. The fraction of sp³-hybridized carbons (Fsp3) is 0.333. The molecule has 224 valence electrons. The molecule has 4 atom stereocenters. The molecule has 0 aliphatic carbocycles. The van der Waals surface area contributed by atoms with Crippen LogP contribution in [0.4, 0.5) is 0 Å². The van der Waals surface area contributed by atoms with Crippen LogP contribution in [0.5, 0.6) is 6.01 Å². The monoisotopic (exact) mass is 608 g/mol. The first-order valence-electron chi connectivity index (χ1n) is 13.7. The van der Waals surface area contributed by atoms with Gasteiger partial charge in [-0.3, -0.25) is 9.59 Å². The van der Waals surface area contributed by atoms with Crippen molar-refractivity contribution in [1.29, 1.82) is 0 Å². The van der Waals surface area contributed by atoms with Gasteiger partial charge in [0.2, 0.25) is 0 Å². The van der Waals surface area contributed by atoms with Gasteiger partial charge in [0.25, 0.3) is 6.01 Å². The van der Waals surface area contributed by atoms with Crippen molar-refractivity contribution < 1.29 is 39.1 Å². The number of aliphatic carboxylic acids is 2. The van der Waals surface area contributed by atoms with E-state index in [1.807, 2.05) is 48.5 Å². The summed E-state index contributed by atoms with van der Waals surface area (Å²) in [5.74, 6) is -2.10. The lowest BCUT2D eigenvalue weighted by Crippen LogP contribution is -2.34. The maximum Gasteiger partial charge on any atom is 0.304 e. The molecule has 2 aliphatic heterocycles. The molecular weight excluding hydrogens is 580 g/mol. The van der Waals surface area contributed by atoms with Crippen LogP contribution in [-0.2, 0) is 25.6 Å². The number of H-pyrrole nitrogens is 1. The van der Waals surface area contributed by atoms with E-state index < -0.39 is 36.3 Å². The number of halogens is 1. The molecule has 4 heterocycles. The number of carboxylic acids is 2. The van der Waals surface area contributed by atoms with Gasteiger partial charge in [0.1, 0.15) is 18.3 Å². The Bertz CT molecular complexity index is 1610. The molecule has 2 aliphatic rings. The number of pyridine rings is 1. The molecule has 5 N–H and O–H groups in total. The van der Waals surface area contributed by atoms with Crippen molar-refractivity contribution >= 4 is 34.7 Å². The number of benzene rings is 2. The molecule has 4 aromatic rings. The summed E-state index contributed by atoms with van der Waals surface area (Å²) in [4.78, 5) is 34.3. The molecule has 6 rings (SSSR count). The Labute approximate surface area is 250 Å². The first-order valence-corrected chi connectivity index (χ1v) is 14.1. The van der Waals surface area contributed by atoms with E-state index in [1.54, 1.807) is 6.07 Å². The maximum absolute atomic E-state index is 11.0. The molecule has 2 fully saturated rings.